The van der Waals surface area contributed by atoms with Gasteiger partial charge in [0.25, 0.3) is 5.91 Å². The molecule has 202 valence electrons. The number of carbonyl (C=O) groups is 2. The van der Waals surface area contributed by atoms with Gasteiger partial charge in [0, 0.05) is 31.2 Å². The topological polar surface area (TPSA) is 73.5 Å². The maximum Gasteiger partial charge on any atom is 0.251 e. The fourth-order valence-corrected chi connectivity index (χ4v) is 5.63. The van der Waals surface area contributed by atoms with Crippen molar-refractivity contribution in [3.8, 4) is 0 Å². The first kappa shape index (κ1) is 26.9. The molecule has 0 radical (unpaired) electrons. The zero-order valence-electron chi connectivity index (χ0n) is 22.7. The van der Waals surface area contributed by atoms with Gasteiger partial charge in [0.15, 0.2) is 0 Å². The molecular weight excluding hydrogens is 484 g/mol. The lowest BCUT2D eigenvalue weighted by Crippen LogP contribution is -2.48. The summed E-state index contributed by atoms with van der Waals surface area (Å²) in [5.41, 5.74) is 1.84. The number of hydrogen-bond donors (Lipinski definition) is 3. The van der Waals surface area contributed by atoms with Crippen LogP contribution in [0.15, 0.2) is 84.9 Å². The maximum absolute atomic E-state index is 13.8. The number of nitrogens with zero attached hydrogens (tertiary/aromatic N) is 1. The first-order valence-corrected chi connectivity index (χ1v) is 14.1. The fourth-order valence-electron chi connectivity index (χ4n) is 5.63. The van der Waals surface area contributed by atoms with Gasteiger partial charge in [-0.3, -0.25) is 9.59 Å². The fraction of sp³-hybridized carbons (Fsp3) is 0.333. The molecule has 6 nitrogen and oxygen atoms in total. The molecule has 0 saturated carbocycles. The average molecular weight is 523 g/mol. The summed E-state index contributed by atoms with van der Waals surface area (Å²) in [4.78, 5) is 28.9. The highest BCUT2D eigenvalue weighted by Gasteiger charge is 2.31. The molecule has 4 aromatic rings. The summed E-state index contributed by atoms with van der Waals surface area (Å²) in [5, 5.41) is 14.3. The van der Waals surface area contributed by atoms with Gasteiger partial charge in [0.05, 0.1) is 6.04 Å². The largest absolute Gasteiger partial charge is 0.350 e. The number of benzene rings is 4. The third kappa shape index (κ3) is 6.47. The number of nitrogens with one attached hydrogen (secondary N) is 3. The van der Waals surface area contributed by atoms with Crippen LogP contribution in [-0.2, 0) is 11.3 Å². The van der Waals surface area contributed by atoms with E-state index in [1.807, 2.05) is 60.5 Å². The first-order valence-electron chi connectivity index (χ1n) is 14.1. The second-order valence-electron chi connectivity index (χ2n) is 10.4. The normalized spacial score (nSPS) is 17.9. The molecule has 1 fully saturated rings. The van der Waals surface area contributed by atoms with Crippen LogP contribution in [0.2, 0.25) is 0 Å². The van der Waals surface area contributed by atoms with Gasteiger partial charge in [0.1, 0.15) is 0 Å². The first-order chi connectivity index (χ1) is 19.1. The lowest BCUT2D eigenvalue weighted by Gasteiger charge is -2.25. The molecule has 1 aliphatic heterocycles. The minimum Gasteiger partial charge on any atom is -0.350 e. The molecule has 0 spiro atoms. The van der Waals surface area contributed by atoms with Crippen molar-refractivity contribution in [2.45, 2.75) is 44.3 Å². The van der Waals surface area contributed by atoms with Crippen molar-refractivity contribution in [1.29, 1.82) is 0 Å². The van der Waals surface area contributed by atoms with Gasteiger partial charge in [-0.1, -0.05) is 85.3 Å². The number of hydrogen-bond acceptors (Lipinski definition) is 4. The quantitative estimate of drug-likeness (QED) is 0.260. The van der Waals surface area contributed by atoms with Gasteiger partial charge < -0.3 is 20.9 Å². The Labute approximate surface area is 230 Å². The second-order valence-corrected chi connectivity index (χ2v) is 10.4. The summed E-state index contributed by atoms with van der Waals surface area (Å²) in [5.74, 6) is 0.0672. The Hall–Kier alpha value is -3.74. The molecule has 1 aliphatic rings. The van der Waals surface area contributed by atoms with Crippen LogP contribution >= 0.6 is 0 Å². The Morgan fingerprint density at radius 3 is 2.38 bits per heavy atom. The minimum absolute atomic E-state index is 0.0136. The van der Waals surface area contributed by atoms with E-state index in [-0.39, 0.29) is 23.9 Å². The van der Waals surface area contributed by atoms with Crippen molar-refractivity contribution in [3.05, 3.63) is 96.1 Å². The van der Waals surface area contributed by atoms with Gasteiger partial charge in [-0.2, -0.15) is 0 Å². The smallest absolute Gasteiger partial charge is 0.251 e. The zero-order chi connectivity index (χ0) is 27.0. The van der Waals surface area contributed by atoms with E-state index in [4.69, 9.17) is 0 Å². The number of unbranched alkanes of at least 4 members (excludes halogenated alkanes) is 1. The average Bonchev–Trinajstić information content (AvgIpc) is 3.12. The standard InChI is InChI=1S/C33H38N4O2/c1-34-20-7-6-18-31-33(39)37(23-26-14-8-12-24-10-2-4-15-28(24)26)21-19-27(36-31)22-35-32(38)30-17-9-13-25-11-3-5-16-29(25)30/h2-5,8-17,27,31,34,36H,6-7,18-23H2,1H3,(H,35,38). The Morgan fingerprint density at radius 2 is 1.59 bits per heavy atom. The SMILES string of the molecule is CNCCCCC1NC(CNC(=O)c2cccc3ccccc23)CCN(Cc2cccc3ccccc23)C1=O. The minimum atomic E-state index is -0.265. The Bertz CT molecular complexity index is 1430. The highest BCUT2D eigenvalue weighted by molar-refractivity contribution is 6.07. The lowest BCUT2D eigenvalue weighted by atomic mass is 10.0. The predicted octanol–water partition coefficient (Wildman–Crippen LogP) is 4.87. The van der Waals surface area contributed by atoms with Crippen LogP contribution in [0.4, 0.5) is 0 Å². The van der Waals surface area contributed by atoms with Gasteiger partial charge >= 0.3 is 0 Å². The van der Waals surface area contributed by atoms with E-state index in [9.17, 15) is 9.59 Å². The molecule has 2 atom stereocenters. The van der Waals surface area contributed by atoms with Gasteiger partial charge in [-0.05, 0) is 66.0 Å². The van der Waals surface area contributed by atoms with E-state index in [2.05, 4.69) is 52.3 Å². The molecule has 2 unspecified atom stereocenters. The van der Waals surface area contributed by atoms with Crippen LogP contribution in [0.3, 0.4) is 0 Å². The van der Waals surface area contributed by atoms with E-state index >= 15 is 0 Å². The third-order valence-electron chi connectivity index (χ3n) is 7.75. The molecular formula is C33H38N4O2. The van der Waals surface area contributed by atoms with Crippen molar-refractivity contribution in [1.82, 2.24) is 20.9 Å². The van der Waals surface area contributed by atoms with Crippen molar-refractivity contribution in [3.63, 3.8) is 0 Å². The molecule has 4 aromatic carbocycles. The lowest BCUT2D eigenvalue weighted by molar-refractivity contribution is -0.133. The van der Waals surface area contributed by atoms with E-state index in [0.29, 0.717) is 25.2 Å². The number of fused-ring (bicyclic) bond motifs is 2. The molecule has 0 aromatic heterocycles. The van der Waals surface area contributed by atoms with E-state index in [0.717, 1.165) is 48.6 Å². The second kappa shape index (κ2) is 12.9. The predicted molar refractivity (Wildman–Crippen MR) is 159 cm³/mol. The van der Waals surface area contributed by atoms with E-state index in [1.165, 1.54) is 10.8 Å². The number of amides is 2. The third-order valence-corrected chi connectivity index (χ3v) is 7.75. The van der Waals surface area contributed by atoms with Crippen LogP contribution in [-0.4, -0.2) is 55.5 Å². The summed E-state index contributed by atoms with van der Waals surface area (Å²) >= 11 is 0. The highest BCUT2D eigenvalue weighted by atomic mass is 16.2. The highest BCUT2D eigenvalue weighted by Crippen LogP contribution is 2.23. The Kier molecular flexibility index (Phi) is 8.86. The van der Waals surface area contributed by atoms with Crippen molar-refractivity contribution in [2.24, 2.45) is 0 Å². The monoisotopic (exact) mass is 522 g/mol. The summed E-state index contributed by atoms with van der Waals surface area (Å²) < 4.78 is 0. The Morgan fingerprint density at radius 1 is 0.897 bits per heavy atom. The van der Waals surface area contributed by atoms with Crippen LogP contribution in [0.5, 0.6) is 0 Å². The van der Waals surface area contributed by atoms with Crippen LogP contribution in [0.25, 0.3) is 21.5 Å². The molecule has 39 heavy (non-hydrogen) atoms. The zero-order valence-corrected chi connectivity index (χ0v) is 22.7. The molecule has 6 heteroatoms. The van der Waals surface area contributed by atoms with Crippen molar-refractivity contribution < 1.29 is 9.59 Å². The number of rotatable bonds is 10. The molecule has 0 bridgehead atoms. The maximum atomic E-state index is 13.8. The molecule has 1 heterocycles. The van der Waals surface area contributed by atoms with Gasteiger partial charge in [-0.15, -0.1) is 0 Å². The van der Waals surface area contributed by atoms with Crippen LogP contribution < -0.4 is 16.0 Å². The summed E-state index contributed by atoms with van der Waals surface area (Å²) in [6.45, 7) is 2.65. The summed E-state index contributed by atoms with van der Waals surface area (Å²) in [6, 6.07) is 28.2. The van der Waals surface area contributed by atoms with Crippen molar-refractivity contribution in [2.75, 3.05) is 26.7 Å². The molecule has 0 aliphatic carbocycles. The molecule has 5 rings (SSSR count). The summed E-state index contributed by atoms with van der Waals surface area (Å²) in [6.07, 6.45) is 3.54. The molecule has 3 N–H and O–H groups in total. The Balaban J connectivity index is 1.30. The number of carbonyl (C=O) groups excluding carboxylic acids is 2. The van der Waals surface area contributed by atoms with Crippen molar-refractivity contribution >= 4 is 33.4 Å². The van der Waals surface area contributed by atoms with Gasteiger partial charge in [-0.25, -0.2) is 0 Å². The van der Waals surface area contributed by atoms with Crippen LogP contribution in [0, 0.1) is 0 Å². The molecule has 1 saturated heterocycles. The summed E-state index contributed by atoms with van der Waals surface area (Å²) in [7, 11) is 1.95. The van der Waals surface area contributed by atoms with Crippen LogP contribution in [0.1, 0.15) is 41.6 Å². The van der Waals surface area contributed by atoms with Gasteiger partial charge in [0.2, 0.25) is 5.91 Å². The molecule has 2 amide bonds. The van der Waals surface area contributed by atoms with E-state index in [1.54, 1.807) is 0 Å². The van der Waals surface area contributed by atoms with E-state index < -0.39 is 0 Å².